The van der Waals surface area contributed by atoms with Crippen molar-refractivity contribution in [2.24, 2.45) is 0 Å². The highest BCUT2D eigenvalue weighted by Crippen LogP contribution is 2.33. The lowest BCUT2D eigenvalue weighted by Crippen LogP contribution is -1.90. The third-order valence-electron chi connectivity index (χ3n) is 2.10. The second-order valence-electron chi connectivity index (χ2n) is 3.34. The van der Waals surface area contributed by atoms with Crippen LogP contribution in [0.4, 0.5) is 5.69 Å². The number of imidazole rings is 1. The van der Waals surface area contributed by atoms with E-state index in [9.17, 15) is 0 Å². The van der Waals surface area contributed by atoms with Gasteiger partial charge in [-0.2, -0.15) is 0 Å². The van der Waals surface area contributed by atoms with Crippen molar-refractivity contribution in [1.29, 1.82) is 0 Å². The second kappa shape index (κ2) is 4.80. The zero-order chi connectivity index (χ0) is 11.5. The maximum atomic E-state index is 5.93. The van der Waals surface area contributed by atoms with E-state index in [1.807, 2.05) is 38.4 Å². The first-order chi connectivity index (χ1) is 7.69. The molecule has 2 aromatic rings. The highest BCUT2D eigenvalue weighted by atomic mass is 35.5. The monoisotopic (exact) mass is 253 g/mol. The molecule has 1 aromatic heterocycles. The Bertz CT molecular complexity index is 496. The molecule has 5 heteroatoms. The summed E-state index contributed by atoms with van der Waals surface area (Å²) >= 11 is 7.51. The number of nitrogens with zero attached hydrogens (tertiary/aromatic N) is 1. The van der Waals surface area contributed by atoms with Gasteiger partial charge in [0.15, 0.2) is 5.16 Å². The molecule has 3 nitrogen and oxygen atoms in total. The summed E-state index contributed by atoms with van der Waals surface area (Å²) < 4.78 is 0. The molecule has 0 aliphatic heterocycles. The first-order valence-corrected chi connectivity index (χ1v) is 6.05. The Kier molecular flexibility index (Phi) is 3.41. The minimum Gasteiger partial charge on any atom is -0.387 e. The van der Waals surface area contributed by atoms with E-state index in [4.69, 9.17) is 11.6 Å². The van der Waals surface area contributed by atoms with Crippen LogP contribution in [0.3, 0.4) is 0 Å². The van der Waals surface area contributed by atoms with E-state index < -0.39 is 0 Å². The third-order valence-corrected chi connectivity index (χ3v) is 3.31. The molecule has 0 bridgehead atoms. The molecule has 0 amide bonds. The minimum atomic E-state index is 0.726. The van der Waals surface area contributed by atoms with Gasteiger partial charge in [0.2, 0.25) is 0 Å². The van der Waals surface area contributed by atoms with Gasteiger partial charge >= 0.3 is 0 Å². The van der Waals surface area contributed by atoms with Crippen LogP contribution in [0.1, 0.15) is 5.69 Å². The van der Waals surface area contributed by atoms with E-state index in [0.29, 0.717) is 0 Å². The molecule has 2 rings (SSSR count). The Morgan fingerprint density at radius 2 is 2.25 bits per heavy atom. The molecule has 0 fully saturated rings. The quantitative estimate of drug-likeness (QED) is 0.879. The van der Waals surface area contributed by atoms with Gasteiger partial charge in [0, 0.05) is 28.9 Å². The smallest absolute Gasteiger partial charge is 0.170 e. The van der Waals surface area contributed by atoms with E-state index in [-0.39, 0.29) is 0 Å². The molecule has 1 heterocycles. The Morgan fingerprint density at radius 3 is 2.88 bits per heavy atom. The van der Waals surface area contributed by atoms with Gasteiger partial charge < -0.3 is 10.3 Å². The fourth-order valence-electron chi connectivity index (χ4n) is 1.33. The predicted octanol–water partition coefficient (Wildman–Crippen LogP) is 3.56. The molecule has 0 radical (unpaired) electrons. The van der Waals surface area contributed by atoms with E-state index in [1.54, 1.807) is 11.8 Å². The molecule has 2 N–H and O–H groups in total. The molecular weight excluding hydrogens is 242 g/mol. The van der Waals surface area contributed by atoms with Gasteiger partial charge in [0.25, 0.3) is 0 Å². The van der Waals surface area contributed by atoms with Crippen molar-refractivity contribution in [2.75, 3.05) is 12.4 Å². The van der Waals surface area contributed by atoms with Gasteiger partial charge in [-0.15, -0.1) is 0 Å². The number of nitrogens with one attached hydrogen (secondary N) is 2. The van der Waals surface area contributed by atoms with Crippen LogP contribution in [-0.2, 0) is 0 Å². The van der Waals surface area contributed by atoms with Crippen molar-refractivity contribution in [3.8, 4) is 0 Å². The van der Waals surface area contributed by atoms with Gasteiger partial charge in [-0.3, -0.25) is 0 Å². The molecule has 84 valence electrons. The van der Waals surface area contributed by atoms with Crippen LogP contribution < -0.4 is 5.32 Å². The zero-order valence-corrected chi connectivity index (χ0v) is 10.6. The molecule has 0 saturated heterocycles. The van der Waals surface area contributed by atoms with E-state index in [0.717, 1.165) is 26.5 Å². The zero-order valence-electron chi connectivity index (χ0n) is 9.04. The number of hydrogen-bond acceptors (Lipinski definition) is 3. The number of benzene rings is 1. The minimum absolute atomic E-state index is 0.726. The maximum Gasteiger partial charge on any atom is 0.170 e. The second-order valence-corrected chi connectivity index (χ2v) is 4.81. The number of H-pyrrole nitrogens is 1. The van der Waals surface area contributed by atoms with Crippen molar-refractivity contribution in [3.63, 3.8) is 0 Å². The fourth-order valence-corrected chi connectivity index (χ4v) is 2.43. The molecule has 1 aromatic carbocycles. The summed E-state index contributed by atoms with van der Waals surface area (Å²) in [5.74, 6) is 0. The number of hydrogen-bond donors (Lipinski definition) is 2. The van der Waals surface area contributed by atoms with Crippen LogP contribution in [0.2, 0.25) is 5.02 Å². The number of halogens is 1. The van der Waals surface area contributed by atoms with Crippen molar-refractivity contribution in [2.45, 2.75) is 17.0 Å². The number of aryl methyl sites for hydroxylation is 1. The SMILES string of the molecule is CNc1cc(Cl)ccc1Sc1nc(C)c[nH]1. The maximum absolute atomic E-state index is 5.93. The molecule has 0 aliphatic carbocycles. The summed E-state index contributed by atoms with van der Waals surface area (Å²) in [7, 11) is 1.88. The lowest BCUT2D eigenvalue weighted by atomic mass is 10.3. The average Bonchev–Trinajstić information content (AvgIpc) is 2.67. The summed E-state index contributed by atoms with van der Waals surface area (Å²) in [5, 5.41) is 4.73. The summed E-state index contributed by atoms with van der Waals surface area (Å²) in [6, 6.07) is 5.76. The summed E-state index contributed by atoms with van der Waals surface area (Å²) in [6.07, 6.45) is 1.89. The summed E-state index contributed by atoms with van der Waals surface area (Å²) in [4.78, 5) is 8.56. The Morgan fingerprint density at radius 1 is 1.44 bits per heavy atom. The highest BCUT2D eigenvalue weighted by Gasteiger charge is 2.06. The van der Waals surface area contributed by atoms with Crippen LogP contribution >= 0.6 is 23.4 Å². The lowest BCUT2D eigenvalue weighted by molar-refractivity contribution is 1.04. The van der Waals surface area contributed by atoms with Crippen LogP contribution in [0, 0.1) is 6.92 Å². The average molecular weight is 254 g/mol. The Labute approximate surface area is 104 Å². The molecule has 0 aliphatic rings. The van der Waals surface area contributed by atoms with Crippen LogP contribution in [0.25, 0.3) is 0 Å². The third kappa shape index (κ3) is 2.51. The molecule has 0 spiro atoms. The normalized spacial score (nSPS) is 10.4. The number of aromatic nitrogens is 2. The van der Waals surface area contributed by atoms with E-state index in [1.165, 1.54) is 0 Å². The van der Waals surface area contributed by atoms with Crippen molar-refractivity contribution in [3.05, 3.63) is 35.1 Å². The van der Waals surface area contributed by atoms with E-state index in [2.05, 4.69) is 15.3 Å². The molecule has 0 saturated carbocycles. The molecule has 0 atom stereocenters. The molecule has 0 unspecified atom stereocenters. The predicted molar refractivity (Wildman–Crippen MR) is 68.4 cm³/mol. The number of aromatic amines is 1. The topological polar surface area (TPSA) is 40.7 Å². The Hall–Kier alpha value is -1.13. The number of anilines is 1. The lowest BCUT2D eigenvalue weighted by Gasteiger charge is -2.07. The number of rotatable bonds is 3. The van der Waals surface area contributed by atoms with Crippen molar-refractivity contribution < 1.29 is 0 Å². The summed E-state index contributed by atoms with van der Waals surface area (Å²) in [5.41, 5.74) is 1.99. The van der Waals surface area contributed by atoms with Gasteiger partial charge in [0.05, 0.1) is 5.69 Å². The van der Waals surface area contributed by atoms with Gasteiger partial charge in [-0.1, -0.05) is 11.6 Å². The van der Waals surface area contributed by atoms with Crippen LogP contribution in [0.15, 0.2) is 34.4 Å². The van der Waals surface area contributed by atoms with Crippen molar-refractivity contribution >= 4 is 29.1 Å². The first-order valence-electron chi connectivity index (χ1n) is 4.86. The van der Waals surface area contributed by atoms with Crippen LogP contribution in [0.5, 0.6) is 0 Å². The molecular formula is C11H12ClN3S. The fraction of sp³-hybridized carbons (Fsp3) is 0.182. The largest absolute Gasteiger partial charge is 0.387 e. The molecule has 16 heavy (non-hydrogen) atoms. The van der Waals surface area contributed by atoms with E-state index >= 15 is 0 Å². The standard InChI is InChI=1S/C11H12ClN3S/c1-7-6-14-11(15-7)16-10-4-3-8(12)5-9(10)13-2/h3-6,13H,1-2H3,(H,14,15). The van der Waals surface area contributed by atoms with Gasteiger partial charge in [0.1, 0.15) is 0 Å². The summed E-state index contributed by atoms with van der Waals surface area (Å²) in [6.45, 7) is 1.96. The Balaban J connectivity index is 2.27. The van der Waals surface area contributed by atoms with Crippen molar-refractivity contribution in [1.82, 2.24) is 9.97 Å². The highest BCUT2D eigenvalue weighted by molar-refractivity contribution is 7.99. The van der Waals surface area contributed by atoms with Crippen LogP contribution in [-0.4, -0.2) is 17.0 Å². The van der Waals surface area contributed by atoms with Gasteiger partial charge in [-0.05, 0) is 36.9 Å². The van der Waals surface area contributed by atoms with Gasteiger partial charge in [-0.25, -0.2) is 4.98 Å². The first kappa shape index (κ1) is 11.4.